The van der Waals surface area contributed by atoms with Crippen molar-refractivity contribution in [2.24, 2.45) is 10.2 Å². The summed E-state index contributed by atoms with van der Waals surface area (Å²) in [7, 11) is 0. The normalized spacial score (nSPS) is 16.0. The number of hydrogen-bond donors (Lipinski definition) is 2. The van der Waals surface area contributed by atoms with Gasteiger partial charge in [-0.1, -0.05) is 36.4 Å². The second kappa shape index (κ2) is 7.04. The molecule has 6 nitrogen and oxygen atoms in total. The average Bonchev–Trinajstić information content (AvgIpc) is 2.93. The SMILES string of the molecule is Oc1c(N=Nc2ccccc2)c2ccccc2n1C[NH+]1CCOCC1. The Morgan fingerprint density at radius 2 is 1.68 bits per heavy atom. The van der Waals surface area contributed by atoms with Gasteiger partial charge in [0.05, 0.1) is 24.4 Å². The van der Waals surface area contributed by atoms with E-state index >= 15 is 0 Å². The van der Waals surface area contributed by atoms with Crippen LogP contribution in [0.3, 0.4) is 0 Å². The smallest absolute Gasteiger partial charge is 0.225 e. The number of ether oxygens (including phenoxy) is 1. The zero-order valence-electron chi connectivity index (χ0n) is 13.9. The molecule has 6 heteroatoms. The number of quaternary nitrogens is 1. The van der Waals surface area contributed by atoms with Crippen LogP contribution in [0.4, 0.5) is 11.4 Å². The van der Waals surface area contributed by atoms with Crippen molar-refractivity contribution in [2.45, 2.75) is 6.67 Å². The van der Waals surface area contributed by atoms with Gasteiger partial charge < -0.3 is 14.7 Å². The van der Waals surface area contributed by atoms with Gasteiger partial charge >= 0.3 is 0 Å². The molecule has 2 aromatic carbocycles. The molecule has 1 fully saturated rings. The Bertz CT molecular complexity index is 883. The predicted molar refractivity (Wildman–Crippen MR) is 95.7 cm³/mol. The third-order valence-corrected chi connectivity index (χ3v) is 4.52. The van der Waals surface area contributed by atoms with E-state index in [9.17, 15) is 5.11 Å². The summed E-state index contributed by atoms with van der Waals surface area (Å²) in [5.74, 6) is 0.167. The highest BCUT2D eigenvalue weighted by atomic mass is 16.5. The van der Waals surface area contributed by atoms with Gasteiger partial charge in [0, 0.05) is 5.39 Å². The number of benzene rings is 2. The molecular formula is C19H21N4O2+. The number of rotatable bonds is 4. The van der Waals surface area contributed by atoms with Crippen LogP contribution in [0.25, 0.3) is 10.9 Å². The average molecular weight is 337 g/mol. The summed E-state index contributed by atoms with van der Waals surface area (Å²) in [5, 5.41) is 20.3. The molecule has 0 atom stereocenters. The highest BCUT2D eigenvalue weighted by molar-refractivity contribution is 5.94. The molecule has 4 rings (SSSR count). The number of azo groups is 1. The number of morpholine rings is 1. The molecule has 0 amide bonds. The number of nitrogens with one attached hydrogen (secondary N) is 1. The summed E-state index contributed by atoms with van der Waals surface area (Å²) in [6.45, 7) is 4.09. The Labute approximate surface area is 146 Å². The van der Waals surface area contributed by atoms with Crippen LogP contribution in [0.5, 0.6) is 5.88 Å². The molecule has 0 bridgehead atoms. The van der Waals surface area contributed by atoms with Crippen LogP contribution in [0.15, 0.2) is 64.8 Å². The van der Waals surface area contributed by atoms with Crippen molar-refractivity contribution >= 4 is 22.3 Å². The molecule has 25 heavy (non-hydrogen) atoms. The minimum atomic E-state index is 0.167. The largest absolute Gasteiger partial charge is 0.493 e. The minimum Gasteiger partial charge on any atom is -0.493 e. The van der Waals surface area contributed by atoms with Crippen molar-refractivity contribution in [3.8, 4) is 5.88 Å². The van der Waals surface area contributed by atoms with E-state index in [-0.39, 0.29) is 5.88 Å². The Morgan fingerprint density at radius 3 is 2.48 bits per heavy atom. The van der Waals surface area contributed by atoms with Crippen LogP contribution in [0, 0.1) is 0 Å². The van der Waals surface area contributed by atoms with Gasteiger partial charge in [-0.15, -0.1) is 5.11 Å². The second-order valence-corrected chi connectivity index (χ2v) is 6.17. The molecule has 0 saturated carbocycles. The summed E-state index contributed by atoms with van der Waals surface area (Å²) >= 11 is 0. The van der Waals surface area contributed by atoms with Crippen molar-refractivity contribution in [1.29, 1.82) is 0 Å². The third-order valence-electron chi connectivity index (χ3n) is 4.52. The third kappa shape index (κ3) is 3.26. The summed E-state index contributed by atoms with van der Waals surface area (Å²) in [6, 6.07) is 17.5. The maximum atomic E-state index is 10.8. The first-order valence-corrected chi connectivity index (χ1v) is 8.51. The van der Waals surface area contributed by atoms with Crippen LogP contribution in [0.1, 0.15) is 0 Å². The highest BCUT2D eigenvalue weighted by Crippen LogP contribution is 2.38. The summed E-state index contributed by atoms with van der Waals surface area (Å²) < 4.78 is 7.35. The summed E-state index contributed by atoms with van der Waals surface area (Å²) in [5.41, 5.74) is 2.26. The predicted octanol–water partition coefficient (Wildman–Crippen LogP) is 2.63. The van der Waals surface area contributed by atoms with Crippen LogP contribution in [-0.4, -0.2) is 36.0 Å². The first-order valence-electron chi connectivity index (χ1n) is 8.51. The zero-order valence-corrected chi connectivity index (χ0v) is 13.9. The lowest BCUT2D eigenvalue weighted by atomic mass is 10.2. The van der Waals surface area contributed by atoms with Crippen molar-refractivity contribution in [2.75, 3.05) is 26.3 Å². The molecule has 3 aromatic rings. The van der Waals surface area contributed by atoms with E-state index in [0.717, 1.165) is 42.9 Å². The lowest BCUT2D eigenvalue weighted by Crippen LogP contribution is -3.13. The number of para-hydroxylation sites is 1. The van der Waals surface area contributed by atoms with Gasteiger partial charge in [-0.2, -0.15) is 5.11 Å². The molecular weight excluding hydrogens is 316 g/mol. The highest BCUT2D eigenvalue weighted by Gasteiger charge is 2.21. The first kappa shape index (κ1) is 15.8. The fourth-order valence-electron chi connectivity index (χ4n) is 3.17. The van der Waals surface area contributed by atoms with Gasteiger partial charge in [0.2, 0.25) is 5.88 Å². The number of aromatic nitrogens is 1. The van der Waals surface area contributed by atoms with Gasteiger partial charge in [0.25, 0.3) is 0 Å². The van der Waals surface area contributed by atoms with E-state index in [1.54, 1.807) is 0 Å². The maximum Gasteiger partial charge on any atom is 0.225 e. The van der Waals surface area contributed by atoms with Gasteiger partial charge in [0.1, 0.15) is 13.1 Å². The molecule has 0 aliphatic carbocycles. The lowest BCUT2D eigenvalue weighted by Gasteiger charge is -2.24. The molecule has 0 radical (unpaired) electrons. The van der Waals surface area contributed by atoms with Gasteiger partial charge in [-0.25, -0.2) is 0 Å². The van der Waals surface area contributed by atoms with Crippen molar-refractivity contribution in [3.63, 3.8) is 0 Å². The molecule has 2 heterocycles. The molecule has 1 aliphatic rings. The van der Waals surface area contributed by atoms with E-state index in [2.05, 4.69) is 10.2 Å². The summed E-state index contributed by atoms with van der Waals surface area (Å²) in [4.78, 5) is 1.38. The number of fused-ring (bicyclic) bond motifs is 1. The number of hydrogen-bond acceptors (Lipinski definition) is 4. The van der Waals surface area contributed by atoms with Gasteiger partial charge in [0.15, 0.2) is 12.4 Å². The Hall–Kier alpha value is -2.70. The van der Waals surface area contributed by atoms with E-state index in [0.29, 0.717) is 12.4 Å². The topological polar surface area (TPSA) is 63.5 Å². The fourth-order valence-corrected chi connectivity index (χ4v) is 3.17. The van der Waals surface area contributed by atoms with E-state index < -0.39 is 0 Å². The van der Waals surface area contributed by atoms with Crippen LogP contribution >= 0.6 is 0 Å². The molecule has 1 aliphatic heterocycles. The Morgan fingerprint density at radius 1 is 0.960 bits per heavy atom. The minimum absolute atomic E-state index is 0.167. The van der Waals surface area contributed by atoms with E-state index in [1.165, 1.54) is 4.90 Å². The maximum absolute atomic E-state index is 10.8. The van der Waals surface area contributed by atoms with Crippen molar-refractivity contribution < 1.29 is 14.7 Å². The van der Waals surface area contributed by atoms with Gasteiger partial charge in [-0.3, -0.25) is 4.57 Å². The van der Waals surface area contributed by atoms with Crippen molar-refractivity contribution in [3.05, 3.63) is 54.6 Å². The Kier molecular flexibility index (Phi) is 4.45. The van der Waals surface area contributed by atoms with E-state index in [1.807, 2.05) is 59.2 Å². The van der Waals surface area contributed by atoms with E-state index in [4.69, 9.17) is 4.74 Å². The molecule has 2 N–H and O–H groups in total. The molecule has 1 saturated heterocycles. The standard InChI is InChI=1S/C19H20N4O2/c24-19-18(21-20-15-6-2-1-3-7-15)16-8-4-5-9-17(16)23(19)14-22-10-12-25-13-11-22/h1-9,24H,10-14H2/p+1. The molecule has 0 spiro atoms. The lowest BCUT2D eigenvalue weighted by molar-refractivity contribution is -0.930. The number of nitrogens with zero attached hydrogens (tertiary/aromatic N) is 3. The van der Waals surface area contributed by atoms with Crippen molar-refractivity contribution in [1.82, 2.24) is 4.57 Å². The molecule has 0 unspecified atom stereocenters. The summed E-state index contributed by atoms with van der Waals surface area (Å²) in [6.07, 6.45) is 0. The van der Waals surface area contributed by atoms with Crippen LogP contribution in [-0.2, 0) is 11.4 Å². The zero-order chi connectivity index (χ0) is 17.1. The fraction of sp³-hybridized carbons (Fsp3) is 0.263. The molecule has 128 valence electrons. The van der Waals surface area contributed by atoms with Crippen LogP contribution in [0.2, 0.25) is 0 Å². The van der Waals surface area contributed by atoms with Gasteiger partial charge in [-0.05, 0) is 18.2 Å². The monoisotopic (exact) mass is 337 g/mol. The Balaban J connectivity index is 1.71. The first-order chi connectivity index (χ1) is 12.3. The quantitative estimate of drug-likeness (QED) is 0.719. The van der Waals surface area contributed by atoms with Crippen LogP contribution < -0.4 is 4.90 Å². The molecule has 1 aromatic heterocycles. The second-order valence-electron chi connectivity index (χ2n) is 6.17. The number of aromatic hydroxyl groups is 1.